The summed E-state index contributed by atoms with van der Waals surface area (Å²) in [6.45, 7) is 4.17. The van der Waals surface area contributed by atoms with Crippen molar-refractivity contribution in [3.63, 3.8) is 0 Å². The first kappa shape index (κ1) is 10.3. The molecule has 2 nitrogen and oxygen atoms in total. The molecule has 0 aromatic heterocycles. The number of anilines is 1. The molecule has 0 aliphatic heterocycles. The first-order valence-electron chi connectivity index (χ1n) is 5.70. The van der Waals surface area contributed by atoms with Crippen molar-refractivity contribution in [3.05, 3.63) is 23.3 Å². The van der Waals surface area contributed by atoms with Gasteiger partial charge in [-0.3, -0.25) is 0 Å². The zero-order chi connectivity index (χ0) is 10.8. The predicted molar refractivity (Wildman–Crippen MR) is 63.2 cm³/mol. The van der Waals surface area contributed by atoms with E-state index in [1.54, 1.807) is 0 Å². The number of aryl methyl sites for hydroxylation is 2. The highest BCUT2D eigenvalue weighted by molar-refractivity contribution is 5.56. The number of nitrogen functional groups attached to an aromatic ring is 1. The number of ether oxygens (including phenoxy) is 1. The van der Waals surface area contributed by atoms with Crippen LogP contribution in [0.1, 0.15) is 36.8 Å². The molecule has 0 heterocycles. The van der Waals surface area contributed by atoms with Crippen molar-refractivity contribution in [3.8, 4) is 5.75 Å². The van der Waals surface area contributed by atoms with E-state index in [1.807, 2.05) is 6.07 Å². The highest BCUT2D eigenvalue weighted by atomic mass is 16.5. The Morgan fingerprint density at radius 1 is 1.13 bits per heavy atom. The highest BCUT2D eigenvalue weighted by Crippen LogP contribution is 2.30. The first-order chi connectivity index (χ1) is 7.16. The minimum absolute atomic E-state index is 0.384. The quantitative estimate of drug-likeness (QED) is 0.752. The van der Waals surface area contributed by atoms with Crippen LogP contribution in [0.15, 0.2) is 12.1 Å². The Labute approximate surface area is 91.4 Å². The van der Waals surface area contributed by atoms with Crippen LogP contribution in [0.25, 0.3) is 0 Å². The zero-order valence-electron chi connectivity index (χ0n) is 9.55. The molecule has 0 radical (unpaired) electrons. The summed E-state index contributed by atoms with van der Waals surface area (Å²) in [6, 6.07) is 4.06. The van der Waals surface area contributed by atoms with Gasteiger partial charge in [0, 0.05) is 0 Å². The van der Waals surface area contributed by atoms with Gasteiger partial charge < -0.3 is 10.5 Å². The highest BCUT2D eigenvalue weighted by Gasteiger charge is 2.17. The van der Waals surface area contributed by atoms with Gasteiger partial charge in [-0.1, -0.05) is 0 Å². The summed E-state index contributed by atoms with van der Waals surface area (Å²) >= 11 is 0. The van der Waals surface area contributed by atoms with E-state index in [2.05, 4.69) is 19.9 Å². The molecule has 1 saturated carbocycles. The van der Waals surface area contributed by atoms with Crippen LogP contribution < -0.4 is 10.5 Å². The second-order valence-electron chi connectivity index (χ2n) is 4.50. The summed E-state index contributed by atoms with van der Waals surface area (Å²) in [6.07, 6.45) is 5.30. The van der Waals surface area contributed by atoms with Crippen molar-refractivity contribution in [2.24, 2.45) is 0 Å². The van der Waals surface area contributed by atoms with Crippen LogP contribution in [0.5, 0.6) is 5.75 Å². The van der Waals surface area contributed by atoms with Gasteiger partial charge in [-0.25, -0.2) is 0 Å². The van der Waals surface area contributed by atoms with Crippen LogP contribution in [0, 0.1) is 13.8 Å². The molecule has 1 aromatic rings. The van der Waals surface area contributed by atoms with Gasteiger partial charge in [0.25, 0.3) is 0 Å². The van der Waals surface area contributed by atoms with Crippen LogP contribution in [0.3, 0.4) is 0 Å². The molecule has 2 rings (SSSR count). The van der Waals surface area contributed by atoms with E-state index in [-0.39, 0.29) is 0 Å². The van der Waals surface area contributed by atoms with Gasteiger partial charge >= 0.3 is 0 Å². The number of nitrogens with two attached hydrogens (primary N) is 1. The normalized spacial score (nSPS) is 16.9. The maximum Gasteiger partial charge on any atom is 0.142 e. The summed E-state index contributed by atoms with van der Waals surface area (Å²) in [5.41, 5.74) is 9.19. The van der Waals surface area contributed by atoms with Gasteiger partial charge in [-0.05, 0) is 62.8 Å². The molecule has 0 unspecified atom stereocenters. The number of hydrogen-bond donors (Lipinski definition) is 1. The summed E-state index contributed by atoms with van der Waals surface area (Å²) in [4.78, 5) is 0. The van der Waals surface area contributed by atoms with Crippen LogP contribution >= 0.6 is 0 Å². The maximum atomic E-state index is 5.94. The van der Waals surface area contributed by atoms with Crippen LogP contribution in [0.2, 0.25) is 0 Å². The Kier molecular flexibility index (Phi) is 2.85. The lowest BCUT2D eigenvalue weighted by atomic mass is 10.1. The van der Waals surface area contributed by atoms with Crippen molar-refractivity contribution < 1.29 is 4.74 Å². The van der Waals surface area contributed by atoms with E-state index in [4.69, 9.17) is 10.5 Å². The third-order valence-electron chi connectivity index (χ3n) is 3.22. The Balaban J connectivity index is 2.16. The monoisotopic (exact) mass is 205 g/mol. The third-order valence-corrected chi connectivity index (χ3v) is 3.22. The molecule has 1 aromatic carbocycles. The smallest absolute Gasteiger partial charge is 0.142 e. The van der Waals surface area contributed by atoms with Gasteiger partial charge in [0.05, 0.1) is 11.8 Å². The van der Waals surface area contributed by atoms with Crippen molar-refractivity contribution >= 4 is 5.69 Å². The molecule has 2 heteroatoms. The van der Waals surface area contributed by atoms with Crippen LogP contribution in [0.4, 0.5) is 5.69 Å². The Bertz CT molecular complexity index is 354. The Hall–Kier alpha value is -1.18. The zero-order valence-corrected chi connectivity index (χ0v) is 9.55. The molecule has 0 saturated heterocycles. The summed E-state index contributed by atoms with van der Waals surface area (Å²) in [5, 5.41) is 0. The molecule has 0 bridgehead atoms. The molecule has 1 aliphatic rings. The summed E-state index contributed by atoms with van der Waals surface area (Å²) in [7, 11) is 0. The van der Waals surface area contributed by atoms with E-state index >= 15 is 0 Å². The standard InChI is InChI=1S/C13H19NO/c1-9-7-12(14)13(8-10(9)2)15-11-5-3-4-6-11/h7-8,11H,3-6,14H2,1-2H3. The van der Waals surface area contributed by atoms with Crippen LogP contribution in [-0.2, 0) is 0 Å². The number of benzene rings is 1. The SMILES string of the molecule is Cc1cc(N)c(OC2CCCC2)cc1C. The minimum atomic E-state index is 0.384. The molecule has 15 heavy (non-hydrogen) atoms. The fourth-order valence-electron chi connectivity index (χ4n) is 2.10. The van der Waals surface area contributed by atoms with E-state index < -0.39 is 0 Å². The summed E-state index contributed by atoms with van der Waals surface area (Å²) in [5.74, 6) is 0.866. The van der Waals surface area contributed by atoms with Gasteiger partial charge in [0.1, 0.15) is 5.75 Å². The van der Waals surface area contributed by atoms with Crippen LogP contribution in [-0.4, -0.2) is 6.10 Å². The molecule has 0 atom stereocenters. The number of hydrogen-bond acceptors (Lipinski definition) is 2. The van der Waals surface area contributed by atoms with E-state index in [0.717, 1.165) is 11.4 Å². The van der Waals surface area contributed by atoms with E-state index in [9.17, 15) is 0 Å². The van der Waals surface area contributed by atoms with Gasteiger partial charge in [-0.2, -0.15) is 0 Å². The molecule has 0 amide bonds. The average Bonchev–Trinajstić information content (AvgIpc) is 2.67. The topological polar surface area (TPSA) is 35.2 Å². The largest absolute Gasteiger partial charge is 0.488 e. The molecule has 0 spiro atoms. The molecular weight excluding hydrogens is 186 g/mol. The molecule has 2 N–H and O–H groups in total. The van der Waals surface area contributed by atoms with Crippen molar-refractivity contribution in [1.29, 1.82) is 0 Å². The second kappa shape index (κ2) is 4.13. The lowest BCUT2D eigenvalue weighted by molar-refractivity contribution is 0.211. The van der Waals surface area contributed by atoms with E-state index in [0.29, 0.717) is 6.10 Å². The van der Waals surface area contributed by atoms with Crippen molar-refractivity contribution in [2.45, 2.75) is 45.6 Å². The fraction of sp³-hybridized carbons (Fsp3) is 0.538. The molecule has 82 valence electrons. The third kappa shape index (κ3) is 2.25. The lowest BCUT2D eigenvalue weighted by Crippen LogP contribution is -2.12. The van der Waals surface area contributed by atoms with Gasteiger partial charge in [0.2, 0.25) is 0 Å². The molecular formula is C13H19NO. The molecule has 1 aliphatic carbocycles. The first-order valence-corrected chi connectivity index (χ1v) is 5.70. The maximum absolute atomic E-state index is 5.94. The summed E-state index contributed by atoms with van der Waals surface area (Å²) < 4.78 is 5.92. The Morgan fingerprint density at radius 2 is 1.73 bits per heavy atom. The van der Waals surface area contributed by atoms with E-state index in [1.165, 1.54) is 36.8 Å². The van der Waals surface area contributed by atoms with Gasteiger partial charge in [-0.15, -0.1) is 0 Å². The predicted octanol–water partition coefficient (Wildman–Crippen LogP) is 3.21. The van der Waals surface area contributed by atoms with Crippen molar-refractivity contribution in [2.75, 3.05) is 5.73 Å². The fourth-order valence-corrected chi connectivity index (χ4v) is 2.10. The molecule has 1 fully saturated rings. The Morgan fingerprint density at radius 3 is 2.40 bits per heavy atom. The minimum Gasteiger partial charge on any atom is -0.488 e. The lowest BCUT2D eigenvalue weighted by Gasteiger charge is -2.16. The second-order valence-corrected chi connectivity index (χ2v) is 4.50. The average molecular weight is 205 g/mol. The van der Waals surface area contributed by atoms with Crippen molar-refractivity contribution in [1.82, 2.24) is 0 Å². The number of rotatable bonds is 2. The van der Waals surface area contributed by atoms with Gasteiger partial charge in [0.15, 0.2) is 0 Å².